The summed E-state index contributed by atoms with van der Waals surface area (Å²) in [7, 11) is 0. The molecule has 0 aromatic heterocycles. The van der Waals surface area contributed by atoms with E-state index >= 15 is 0 Å². The molecule has 210 valence electrons. The maximum Gasteiger partial charge on any atom is 0.178 e. The van der Waals surface area contributed by atoms with E-state index in [0.29, 0.717) is 0 Å². The van der Waals surface area contributed by atoms with Gasteiger partial charge in [0, 0.05) is 35.5 Å². The first kappa shape index (κ1) is 26.6. The summed E-state index contributed by atoms with van der Waals surface area (Å²) >= 11 is 0. The SMILES string of the molecule is CCCCCc1ccc(-c2cc3c(c4ccccc24)C=CC(c2ccccc2)(c2ccc(N4CCCC4)cc2)O3)cc1. The molecule has 0 amide bonds. The number of nitrogens with zero attached hydrogens (tertiary/aromatic N) is 1. The van der Waals surface area contributed by atoms with E-state index in [9.17, 15) is 0 Å². The van der Waals surface area contributed by atoms with Gasteiger partial charge in [0.2, 0.25) is 0 Å². The van der Waals surface area contributed by atoms with Gasteiger partial charge in [0.25, 0.3) is 0 Å². The molecule has 5 aromatic carbocycles. The minimum atomic E-state index is -0.708. The summed E-state index contributed by atoms with van der Waals surface area (Å²) in [6, 6.07) is 39.9. The summed E-state index contributed by atoms with van der Waals surface area (Å²) in [6.45, 7) is 4.54. The lowest BCUT2D eigenvalue weighted by atomic mass is 9.82. The average Bonchev–Trinajstić information content (AvgIpc) is 3.60. The van der Waals surface area contributed by atoms with Crippen molar-refractivity contribution in [2.75, 3.05) is 18.0 Å². The monoisotopic (exact) mass is 549 g/mol. The highest BCUT2D eigenvalue weighted by molar-refractivity contribution is 6.03. The van der Waals surface area contributed by atoms with Crippen LogP contribution in [0.15, 0.2) is 115 Å². The molecule has 2 heterocycles. The summed E-state index contributed by atoms with van der Waals surface area (Å²) in [4.78, 5) is 2.49. The third-order valence-electron chi connectivity index (χ3n) is 9.11. The Morgan fingerprint density at radius 2 is 1.40 bits per heavy atom. The Kier molecular flexibility index (Phi) is 7.30. The van der Waals surface area contributed by atoms with Gasteiger partial charge in [-0.3, -0.25) is 0 Å². The van der Waals surface area contributed by atoms with Crippen LogP contribution >= 0.6 is 0 Å². The van der Waals surface area contributed by atoms with E-state index in [1.54, 1.807) is 0 Å². The number of unbranched alkanes of at least 4 members (excludes halogenated alkanes) is 2. The molecule has 0 saturated carbocycles. The lowest BCUT2D eigenvalue weighted by molar-refractivity contribution is 0.161. The first-order valence-electron chi connectivity index (χ1n) is 15.7. The van der Waals surface area contributed by atoms with Crippen LogP contribution in [-0.4, -0.2) is 13.1 Å². The van der Waals surface area contributed by atoms with Crippen LogP contribution in [-0.2, 0) is 12.0 Å². The molecule has 2 heteroatoms. The molecule has 7 rings (SSSR count). The first-order chi connectivity index (χ1) is 20.7. The van der Waals surface area contributed by atoms with E-state index in [0.717, 1.165) is 42.0 Å². The first-order valence-corrected chi connectivity index (χ1v) is 15.7. The van der Waals surface area contributed by atoms with Gasteiger partial charge in [-0.05, 0) is 83.5 Å². The number of fused-ring (bicyclic) bond motifs is 3. The summed E-state index contributed by atoms with van der Waals surface area (Å²) in [5.74, 6) is 0.922. The Bertz CT molecular complexity index is 1700. The van der Waals surface area contributed by atoms with Crippen LogP contribution in [0.2, 0.25) is 0 Å². The zero-order valence-electron chi connectivity index (χ0n) is 24.6. The number of anilines is 1. The van der Waals surface area contributed by atoms with Gasteiger partial charge in [0.05, 0.1) is 0 Å². The molecule has 42 heavy (non-hydrogen) atoms. The fourth-order valence-corrected chi connectivity index (χ4v) is 6.76. The Balaban J connectivity index is 1.32. The highest BCUT2D eigenvalue weighted by atomic mass is 16.5. The fraction of sp³-hybridized carbons (Fsp3) is 0.250. The van der Waals surface area contributed by atoms with Crippen molar-refractivity contribution >= 4 is 22.5 Å². The Morgan fingerprint density at radius 1 is 0.714 bits per heavy atom. The van der Waals surface area contributed by atoms with Gasteiger partial charge in [0.15, 0.2) is 5.60 Å². The predicted molar refractivity (Wildman–Crippen MR) is 177 cm³/mol. The number of aryl methyl sites for hydroxylation is 1. The van der Waals surface area contributed by atoms with E-state index < -0.39 is 5.60 Å². The van der Waals surface area contributed by atoms with Crippen LogP contribution in [0.1, 0.15) is 61.3 Å². The third-order valence-corrected chi connectivity index (χ3v) is 9.11. The number of hydrogen-bond acceptors (Lipinski definition) is 2. The van der Waals surface area contributed by atoms with E-state index in [-0.39, 0.29) is 0 Å². The summed E-state index contributed by atoms with van der Waals surface area (Å²) in [5.41, 5.74) is 7.86. The van der Waals surface area contributed by atoms with Crippen molar-refractivity contribution in [2.24, 2.45) is 0 Å². The van der Waals surface area contributed by atoms with Gasteiger partial charge in [-0.2, -0.15) is 0 Å². The standard InChI is InChI=1S/C40H39NO/c1-2-3-5-12-30-17-19-31(20-18-30)38-29-39-37(35-15-8-9-16-36(35)38)25-26-40(42-39,32-13-6-4-7-14-32)33-21-23-34(24-22-33)41-27-10-11-28-41/h4,6-9,13-26,29H,2-3,5,10-12,27-28H2,1H3. The molecule has 0 bridgehead atoms. The van der Waals surface area contributed by atoms with Gasteiger partial charge in [0.1, 0.15) is 5.75 Å². The zero-order chi connectivity index (χ0) is 28.4. The smallest absolute Gasteiger partial charge is 0.178 e. The van der Waals surface area contributed by atoms with Crippen LogP contribution in [0.25, 0.3) is 28.0 Å². The molecule has 0 aliphatic carbocycles. The van der Waals surface area contributed by atoms with Gasteiger partial charge in [-0.25, -0.2) is 0 Å². The average molecular weight is 550 g/mol. The number of ether oxygens (including phenoxy) is 1. The van der Waals surface area contributed by atoms with Crippen molar-refractivity contribution in [3.05, 3.63) is 138 Å². The molecule has 2 nitrogen and oxygen atoms in total. The van der Waals surface area contributed by atoms with Crippen LogP contribution < -0.4 is 9.64 Å². The van der Waals surface area contributed by atoms with Crippen molar-refractivity contribution < 1.29 is 4.74 Å². The molecule has 0 N–H and O–H groups in total. The second kappa shape index (κ2) is 11.5. The Labute approximate surface area is 250 Å². The normalized spacial score (nSPS) is 17.8. The van der Waals surface area contributed by atoms with Crippen molar-refractivity contribution in [1.82, 2.24) is 0 Å². The maximum absolute atomic E-state index is 7.22. The summed E-state index contributed by atoms with van der Waals surface area (Å²) < 4.78 is 7.22. The van der Waals surface area contributed by atoms with Crippen molar-refractivity contribution in [2.45, 2.75) is 51.0 Å². The molecular weight excluding hydrogens is 510 g/mol. The van der Waals surface area contributed by atoms with Crippen LogP contribution in [0.3, 0.4) is 0 Å². The molecule has 1 saturated heterocycles. The van der Waals surface area contributed by atoms with Crippen LogP contribution in [0, 0.1) is 0 Å². The second-order valence-electron chi connectivity index (χ2n) is 11.8. The Hall–Kier alpha value is -4.30. The maximum atomic E-state index is 7.22. The lowest BCUT2D eigenvalue weighted by Gasteiger charge is -2.37. The minimum absolute atomic E-state index is 0.708. The van der Waals surface area contributed by atoms with E-state index in [1.165, 1.54) is 65.3 Å². The Morgan fingerprint density at radius 3 is 2.14 bits per heavy atom. The molecule has 0 spiro atoms. The molecule has 1 atom stereocenters. The second-order valence-corrected chi connectivity index (χ2v) is 11.8. The van der Waals surface area contributed by atoms with Gasteiger partial charge >= 0.3 is 0 Å². The quantitative estimate of drug-likeness (QED) is 0.179. The molecular formula is C40H39NO. The molecule has 5 aromatic rings. The molecule has 1 fully saturated rings. The molecule has 0 radical (unpaired) electrons. The molecule has 1 unspecified atom stereocenters. The van der Waals surface area contributed by atoms with Crippen LogP contribution in [0.5, 0.6) is 5.75 Å². The number of benzene rings is 5. The number of hydrogen-bond donors (Lipinski definition) is 0. The van der Waals surface area contributed by atoms with Crippen LogP contribution in [0.4, 0.5) is 5.69 Å². The third kappa shape index (κ3) is 4.90. The highest BCUT2D eigenvalue weighted by Crippen LogP contribution is 2.47. The largest absolute Gasteiger partial charge is 0.473 e. The van der Waals surface area contributed by atoms with E-state index in [2.05, 4.69) is 133 Å². The summed E-state index contributed by atoms with van der Waals surface area (Å²) in [5, 5.41) is 2.48. The lowest BCUT2D eigenvalue weighted by Crippen LogP contribution is -2.34. The fourth-order valence-electron chi connectivity index (χ4n) is 6.76. The topological polar surface area (TPSA) is 12.5 Å². The predicted octanol–water partition coefficient (Wildman–Crippen LogP) is 10.2. The van der Waals surface area contributed by atoms with Crippen molar-refractivity contribution in [1.29, 1.82) is 0 Å². The van der Waals surface area contributed by atoms with E-state index in [1.807, 2.05) is 0 Å². The molecule has 2 aliphatic heterocycles. The highest BCUT2D eigenvalue weighted by Gasteiger charge is 2.37. The van der Waals surface area contributed by atoms with Gasteiger partial charge in [-0.1, -0.05) is 111 Å². The van der Waals surface area contributed by atoms with Gasteiger partial charge in [-0.15, -0.1) is 0 Å². The summed E-state index contributed by atoms with van der Waals surface area (Å²) in [6.07, 6.45) is 12.0. The number of rotatable bonds is 8. The van der Waals surface area contributed by atoms with Crippen molar-refractivity contribution in [3.8, 4) is 16.9 Å². The minimum Gasteiger partial charge on any atom is -0.473 e. The van der Waals surface area contributed by atoms with Gasteiger partial charge < -0.3 is 9.64 Å². The van der Waals surface area contributed by atoms with Crippen molar-refractivity contribution in [3.63, 3.8) is 0 Å². The van der Waals surface area contributed by atoms with E-state index in [4.69, 9.17) is 4.74 Å². The zero-order valence-corrected chi connectivity index (χ0v) is 24.6. The molecule has 2 aliphatic rings.